The van der Waals surface area contributed by atoms with E-state index in [1.165, 1.54) is 31.4 Å². The van der Waals surface area contributed by atoms with Gasteiger partial charge in [-0.2, -0.15) is 11.8 Å². The van der Waals surface area contributed by atoms with Crippen molar-refractivity contribution in [1.29, 1.82) is 0 Å². The SMILES string of the molecule is CNC1CCC(C(C)(C)C)CC1CCSC. The minimum absolute atomic E-state index is 0.496. The standard InChI is InChI=1S/C14H29NS/c1-14(2,3)12-6-7-13(15-4)11(10-12)8-9-16-5/h11-13,15H,6-10H2,1-5H3. The molecule has 0 aromatic heterocycles. The molecule has 3 atom stereocenters. The highest BCUT2D eigenvalue weighted by Gasteiger charge is 2.34. The molecule has 1 nitrogen and oxygen atoms in total. The maximum atomic E-state index is 3.53. The summed E-state index contributed by atoms with van der Waals surface area (Å²) >= 11 is 1.99. The van der Waals surface area contributed by atoms with Crippen molar-refractivity contribution in [2.75, 3.05) is 19.1 Å². The zero-order chi connectivity index (χ0) is 12.2. The molecule has 0 aromatic rings. The molecule has 96 valence electrons. The van der Waals surface area contributed by atoms with Gasteiger partial charge in [-0.1, -0.05) is 20.8 Å². The molecule has 1 fully saturated rings. The summed E-state index contributed by atoms with van der Waals surface area (Å²) in [4.78, 5) is 0. The van der Waals surface area contributed by atoms with Crippen LogP contribution in [-0.2, 0) is 0 Å². The first-order valence-corrected chi connectivity index (χ1v) is 8.04. The Morgan fingerprint density at radius 1 is 1.25 bits per heavy atom. The zero-order valence-electron chi connectivity index (χ0n) is 11.7. The van der Waals surface area contributed by atoms with Crippen molar-refractivity contribution in [2.24, 2.45) is 17.3 Å². The van der Waals surface area contributed by atoms with E-state index in [0.29, 0.717) is 5.41 Å². The summed E-state index contributed by atoms with van der Waals surface area (Å²) < 4.78 is 0. The molecule has 0 aromatic carbocycles. The Morgan fingerprint density at radius 3 is 2.44 bits per heavy atom. The molecule has 16 heavy (non-hydrogen) atoms. The van der Waals surface area contributed by atoms with Crippen molar-refractivity contribution in [1.82, 2.24) is 5.32 Å². The van der Waals surface area contributed by atoms with Gasteiger partial charge in [0.2, 0.25) is 0 Å². The van der Waals surface area contributed by atoms with Crippen molar-refractivity contribution in [3.05, 3.63) is 0 Å². The van der Waals surface area contributed by atoms with Crippen molar-refractivity contribution in [3.63, 3.8) is 0 Å². The summed E-state index contributed by atoms with van der Waals surface area (Å²) in [5.41, 5.74) is 0.496. The lowest BCUT2D eigenvalue weighted by molar-refractivity contribution is 0.115. The molecular formula is C14H29NS. The van der Waals surface area contributed by atoms with Gasteiger partial charge in [-0.15, -0.1) is 0 Å². The second-order valence-electron chi connectivity index (χ2n) is 6.31. The van der Waals surface area contributed by atoms with Gasteiger partial charge in [0, 0.05) is 6.04 Å². The van der Waals surface area contributed by atoms with E-state index in [-0.39, 0.29) is 0 Å². The second kappa shape index (κ2) is 6.30. The summed E-state index contributed by atoms with van der Waals surface area (Å²) in [7, 11) is 2.13. The van der Waals surface area contributed by atoms with Crippen LogP contribution in [-0.4, -0.2) is 25.1 Å². The lowest BCUT2D eigenvalue weighted by Gasteiger charge is -2.42. The topological polar surface area (TPSA) is 12.0 Å². The third kappa shape index (κ3) is 3.96. The van der Waals surface area contributed by atoms with Crippen LogP contribution >= 0.6 is 11.8 Å². The van der Waals surface area contributed by atoms with E-state index in [9.17, 15) is 0 Å². The van der Waals surface area contributed by atoms with Crippen LogP contribution in [0.3, 0.4) is 0 Å². The summed E-state index contributed by atoms with van der Waals surface area (Å²) in [6.07, 6.45) is 7.82. The molecule has 3 unspecified atom stereocenters. The molecule has 1 aliphatic carbocycles. The highest BCUT2D eigenvalue weighted by molar-refractivity contribution is 7.98. The van der Waals surface area contributed by atoms with Gasteiger partial charge in [-0.05, 0) is 62.0 Å². The maximum absolute atomic E-state index is 3.53. The van der Waals surface area contributed by atoms with Crippen LogP contribution in [0.25, 0.3) is 0 Å². The number of thioether (sulfide) groups is 1. The smallest absolute Gasteiger partial charge is 0.00928 e. The van der Waals surface area contributed by atoms with E-state index in [1.807, 2.05) is 11.8 Å². The summed E-state index contributed by atoms with van der Waals surface area (Å²) in [5.74, 6) is 3.14. The number of hydrogen-bond acceptors (Lipinski definition) is 2. The Morgan fingerprint density at radius 2 is 1.94 bits per heavy atom. The van der Waals surface area contributed by atoms with Crippen LogP contribution in [0.5, 0.6) is 0 Å². The molecule has 0 amide bonds. The van der Waals surface area contributed by atoms with E-state index in [4.69, 9.17) is 0 Å². The zero-order valence-corrected chi connectivity index (χ0v) is 12.5. The Kier molecular flexibility index (Phi) is 5.66. The third-order valence-corrected chi connectivity index (χ3v) is 4.91. The molecule has 0 spiro atoms. The molecule has 0 radical (unpaired) electrons. The molecule has 2 heteroatoms. The Bertz CT molecular complexity index is 197. The van der Waals surface area contributed by atoms with Gasteiger partial charge in [-0.3, -0.25) is 0 Å². The molecule has 0 heterocycles. The van der Waals surface area contributed by atoms with Crippen molar-refractivity contribution in [3.8, 4) is 0 Å². The van der Waals surface area contributed by atoms with Gasteiger partial charge >= 0.3 is 0 Å². The first-order chi connectivity index (χ1) is 7.49. The number of nitrogens with one attached hydrogen (secondary N) is 1. The monoisotopic (exact) mass is 243 g/mol. The minimum Gasteiger partial charge on any atom is -0.317 e. The predicted molar refractivity (Wildman–Crippen MR) is 76.1 cm³/mol. The molecule has 1 rings (SSSR count). The summed E-state index contributed by atoms with van der Waals surface area (Å²) in [6.45, 7) is 7.22. The van der Waals surface area contributed by atoms with Gasteiger partial charge in [-0.25, -0.2) is 0 Å². The highest BCUT2D eigenvalue weighted by Crippen LogP contribution is 2.41. The molecule has 1 saturated carbocycles. The maximum Gasteiger partial charge on any atom is 0.00928 e. The fraction of sp³-hybridized carbons (Fsp3) is 1.00. The van der Waals surface area contributed by atoms with Crippen molar-refractivity contribution >= 4 is 11.8 Å². The lowest BCUT2D eigenvalue weighted by Crippen LogP contribution is -2.41. The first kappa shape index (κ1) is 14.4. The predicted octanol–water partition coefficient (Wildman–Crippen LogP) is 3.79. The van der Waals surface area contributed by atoms with E-state index in [0.717, 1.165) is 17.9 Å². The third-order valence-electron chi connectivity index (χ3n) is 4.27. The van der Waals surface area contributed by atoms with Crippen LogP contribution in [0.15, 0.2) is 0 Å². The quantitative estimate of drug-likeness (QED) is 0.806. The fourth-order valence-corrected chi connectivity index (χ4v) is 3.56. The molecular weight excluding hydrogens is 214 g/mol. The van der Waals surface area contributed by atoms with Crippen LogP contribution in [0.1, 0.15) is 46.5 Å². The number of hydrogen-bond donors (Lipinski definition) is 1. The molecule has 1 N–H and O–H groups in total. The molecule has 0 aliphatic heterocycles. The van der Waals surface area contributed by atoms with Gasteiger partial charge in [0.25, 0.3) is 0 Å². The Hall–Kier alpha value is 0.310. The van der Waals surface area contributed by atoms with Gasteiger partial charge < -0.3 is 5.32 Å². The van der Waals surface area contributed by atoms with Gasteiger partial charge in [0.1, 0.15) is 0 Å². The van der Waals surface area contributed by atoms with Crippen LogP contribution in [0, 0.1) is 17.3 Å². The van der Waals surface area contributed by atoms with E-state index < -0.39 is 0 Å². The average Bonchev–Trinajstić information content (AvgIpc) is 2.24. The Labute approximate surface area is 106 Å². The summed E-state index contributed by atoms with van der Waals surface area (Å²) in [6, 6.07) is 0.769. The van der Waals surface area contributed by atoms with Crippen LogP contribution in [0.4, 0.5) is 0 Å². The highest BCUT2D eigenvalue weighted by atomic mass is 32.2. The Balaban J connectivity index is 2.54. The lowest BCUT2D eigenvalue weighted by atomic mass is 9.67. The van der Waals surface area contributed by atoms with Gasteiger partial charge in [0.15, 0.2) is 0 Å². The number of rotatable bonds is 4. The molecule has 0 saturated heterocycles. The minimum atomic E-state index is 0.496. The van der Waals surface area contributed by atoms with Crippen molar-refractivity contribution < 1.29 is 0 Å². The van der Waals surface area contributed by atoms with Crippen molar-refractivity contribution in [2.45, 2.75) is 52.5 Å². The normalized spacial score (nSPS) is 31.7. The van der Waals surface area contributed by atoms with Crippen LogP contribution < -0.4 is 5.32 Å². The largest absolute Gasteiger partial charge is 0.317 e. The first-order valence-electron chi connectivity index (χ1n) is 6.65. The van der Waals surface area contributed by atoms with E-state index in [2.05, 4.69) is 39.4 Å². The fourth-order valence-electron chi connectivity index (χ4n) is 3.02. The molecule has 0 bridgehead atoms. The molecule has 1 aliphatic rings. The second-order valence-corrected chi connectivity index (χ2v) is 7.30. The summed E-state index contributed by atoms with van der Waals surface area (Å²) in [5, 5.41) is 3.53. The van der Waals surface area contributed by atoms with Crippen LogP contribution in [0.2, 0.25) is 0 Å². The van der Waals surface area contributed by atoms with E-state index >= 15 is 0 Å². The average molecular weight is 243 g/mol. The van der Waals surface area contributed by atoms with Gasteiger partial charge in [0.05, 0.1) is 0 Å². The van der Waals surface area contributed by atoms with E-state index in [1.54, 1.807) is 0 Å².